The van der Waals surface area contributed by atoms with Gasteiger partial charge in [0.15, 0.2) is 0 Å². The monoisotopic (exact) mass is 365 g/mol. The first-order chi connectivity index (χ1) is 12.4. The van der Waals surface area contributed by atoms with E-state index >= 15 is 0 Å². The highest BCUT2D eigenvalue weighted by atomic mass is 32.2. The number of nitrogens with zero attached hydrogens (tertiary/aromatic N) is 1. The first-order valence-electron chi connectivity index (χ1n) is 8.58. The molecule has 0 aliphatic heterocycles. The fraction of sp³-hybridized carbons (Fsp3) is 0.182. The van der Waals surface area contributed by atoms with Gasteiger partial charge in [0.05, 0.1) is 17.1 Å². The predicted molar refractivity (Wildman–Crippen MR) is 107 cm³/mol. The molecule has 3 aromatic carbocycles. The lowest BCUT2D eigenvalue weighted by atomic mass is 10.1. The Morgan fingerprint density at radius 3 is 2.04 bits per heavy atom. The molecule has 0 aliphatic carbocycles. The Balaban J connectivity index is 2.10. The molecule has 4 heteroatoms. The Hall–Kier alpha value is -2.59. The van der Waals surface area contributed by atoms with E-state index in [4.69, 9.17) is 0 Å². The number of hydrogen-bond donors (Lipinski definition) is 0. The van der Waals surface area contributed by atoms with Crippen molar-refractivity contribution in [3.63, 3.8) is 0 Å². The molecular formula is C22H23NO2S. The van der Waals surface area contributed by atoms with E-state index in [9.17, 15) is 8.42 Å². The second-order valence-electron chi connectivity index (χ2n) is 6.58. The highest BCUT2D eigenvalue weighted by Gasteiger charge is 2.25. The van der Waals surface area contributed by atoms with Gasteiger partial charge in [0.25, 0.3) is 10.0 Å². The molecule has 3 aromatic rings. The second-order valence-corrected chi connectivity index (χ2v) is 8.44. The van der Waals surface area contributed by atoms with E-state index in [-0.39, 0.29) is 0 Å². The van der Waals surface area contributed by atoms with Crippen LogP contribution in [0.3, 0.4) is 0 Å². The van der Waals surface area contributed by atoms with Crippen molar-refractivity contribution in [2.75, 3.05) is 4.31 Å². The average molecular weight is 365 g/mol. The molecule has 134 valence electrons. The summed E-state index contributed by atoms with van der Waals surface area (Å²) in [7, 11) is -3.67. The Bertz CT molecular complexity index is 994. The van der Waals surface area contributed by atoms with Gasteiger partial charge in [0, 0.05) is 0 Å². The maximum atomic E-state index is 13.4. The lowest BCUT2D eigenvalue weighted by molar-refractivity contribution is 0.590. The molecule has 0 aromatic heterocycles. The van der Waals surface area contributed by atoms with Crippen molar-refractivity contribution >= 4 is 15.7 Å². The Kier molecular flexibility index (Phi) is 5.14. The first kappa shape index (κ1) is 18.2. The van der Waals surface area contributed by atoms with Crippen molar-refractivity contribution in [1.29, 1.82) is 0 Å². The molecule has 0 heterocycles. The Labute approximate surface area is 156 Å². The fourth-order valence-electron chi connectivity index (χ4n) is 2.78. The molecule has 0 radical (unpaired) electrons. The molecule has 0 saturated carbocycles. The number of anilines is 1. The summed E-state index contributed by atoms with van der Waals surface area (Å²) in [4.78, 5) is 0.303. The van der Waals surface area contributed by atoms with Gasteiger partial charge in [-0.05, 0) is 61.7 Å². The number of benzene rings is 3. The van der Waals surface area contributed by atoms with Gasteiger partial charge in [0.2, 0.25) is 0 Å². The predicted octanol–water partition coefficient (Wildman–Crippen LogP) is 5.01. The van der Waals surface area contributed by atoms with Crippen molar-refractivity contribution in [3.8, 4) is 0 Å². The molecule has 3 rings (SSSR count). The van der Waals surface area contributed by atoms with Crippen LogP contribution in [-0.4, -0.2) is 8.42 Å². The average Bonchev–Trinajstić information content (AvgIpc) is 2.63. The summed E-state index contributed by atoms with van der Waals surface area (Å²) in [6.07, 6.45) is 0. The number of rotatable bonds is 5. The molecule has 0 atom stereocenters. The van der Waals surface area contributed by atoms with Crippen molar-refractivity contribution in [2.45, 2.75) is 32.2 Å². The summed E-state index contributed by atoms with van der Waals surface area (Å²) < 4.78 is 28.2. The molecular weight excluding hydrogens is 342 g/mol. The Morgan fingerprint density at radius 1 is 0.769 bits per heavy atom. The van der Waals surface area contributed by atoms with Gasteiger partial charge in [-0.2, -0.15) is 0 Å². The van der Waals surface area contributed by atoms with Crippen LogP contribution < -0.4 is 4.31 Å². The zero-order valence-electron chi connectivity index (χ0n) is 15.3. The smallest absolute Gasteiger partial charge is 0.262 e. The van der Waals surface area contributed by atoms with Crippen LogP contribution in [0.4, 0.5) is 5.69 Å². The lowest BCUT2D eigenvalue weighted by Crippen LogP contribution is -2.30. The summed E-state index contributed by atoms with van der Waals surface area (Å²) >= 11 is 0. The van der Waals surface area contributed by atoms with Crippen LogP contribution in [0.2, 0.25) is 0 Å². The number of aryl methyl sites for hydroxylation is 3. The van der Waals surface area contributed by atoms with E-state index in [1.807, 2.05) is 81.4 Å². The summed E-state index contributed by atoms with van der Waals surface area (Å²) in [6, 6.07) is 22.4. The quantitative estimate of drug-likeness (QED) is 0.637. The summed E-state index contributed by atoms with van der Waals surface area (Å²) in [5, 5.41) is 0. The van der Waals surface area contributed by atoms with Crippen LogP contribution in [0.5, 0.6) is 0 Å². The van der Waals surface area contributed by atoms with Gasteiger partial charge >= 0.3 is 0 Å². The van der Waals surface area contributed by atoms with Crippen molar-refractivity contribution in [1.82, 2.24) is 0 Å². The molecule has 0 spiro atoms. The minimum atomic E-state index is -3.67. The Morgan fingerprint density at radius 2 is 1.42 bits per heavy atom. The SMILES string of the molecule is Cc1ccc(S(=O)(=O)N(Cc2ccccc2)c2ccc(C)c(C)c2)cc1. The molecule has 0 N–H and O–H groups in total. The lowest BCUT2D eigenvalue weighted by Gasteiger charge is -2.25. The van der Waals surface area contributed by atoms with Gasteiger partial charge in [-0.1, -0.05) is 54.1 Å². The van der Waals surface area contributed by atoms with Crippen molar-refractivity contribution in [2.24, 2.45) is 0 Å². The van der Waals surface area contributed by atoms with Gasteiger partial charge in [-0.3, -0.25) is 4.31 Å². The minimum absolute atomic E-state index is 0.291. The third-order valence-electron chi connectivity index (χ3n) is 4.56. The molecule has 0 fully saturated rings. The van der Waals surface area contributed by atoms with Crippen molar-refractivity contribution < 1.29 is 8.42 Å². The van der Waals surface area contributed by atoms with E-state index in [0.29, 0.717) is 17.1 Å². The zero-order chi connectivity index (χ0) is 18.7. The third-order valence-corrected chi connectivity index (χ3v) is 6.34. The summed E-state index contributed by atoms with van der Waals surface area (Å²) in [5.74, 6) is 0. The zero-order valence-corrected chi connectivity index (χ0v) is 16.1. The molecule has 0 amide bonds. The van der Waals surface area contributed by atoms with Crippen LogP contribution in [-0.2, 0) is 16.6 Å². The molecule has 26 heavy (non-hydrogen) atoms. The van der Waals surface area contributed by atoms with E-state index in [1.54, 1.807) is 12.1 Å². The largest absolute Gasteiger partial charge is 0.264 e. The maximum Gasteiger partial charge on any atom is 0.264 e. The maximum absolute atomic E-state index is 13.4. The first-order valence-corrected chi connectivity index (χ1v) is 10.0. The van der Waals surface area contributed by atoms with E-state index in [2.05, 4.69) is 0 Å². The van der Waals surface area contributed by atoms with Gasteiger partial charge in [-0.15, -0.1) is 0 Å². The fourth-order valence-corrected chi connectivity index (χ4v) is 4.23. The molecule has 3 nitrogen and oxygen atoms in total. The number of hydrogen-bond acceptors (Lipinski definition) is 2. The highest BCUT2D eigenvalue weighted by Crippen LogP contribution is 2.28. The van der Waals surface area contributed by atoms with Gasteiger partial charge in [0.1, 0.15) is 0 Å². The van der Waals surface area contributed by atoms with Crippen LogP contribution in [0.1, 0.15) is 22.3 Å². The van der Waals surface area contributed by atoms with Gasteiger partial charge < -0.3 is 0 Å². The topological polar surface area (TPSA) is 37.4 Å². The normalized spacial score (nSPS) is 11.3. The summed E-state index contributed by atoms with van der Waals surface area (Å²) in [5.41, 5.74) is 4.87. The van der Waals surface area contributed by atoms with Crippen LogP contribution in [0, 0.1) is 20.8 Å². The van der Waals surface area contributed by atoms with E-state index < -0.39 is 10.0 Å². The van der Waals surface area contributed by atoms with Gasteiger partial charge in [-0.25, -0.2) is 8.42 Å². The highest BCUT2D eigenvalue weighted by molar-refractivity contribution is 7.92. The molecule has 0 bridgehead atoms. The van der Waals surface area contributed by atoms with E-state index in [0.717, 1.165) is 22.3 Å². The summed E-state index contributed by atoms with van der Waals surface area (Å²) in [6.45, 7) is 6.26. The van der Waals surface area contributed by atoms with Crippen molar-refractivity contribution in [3.05, 3.63) is 95.1 Å². The van der Waals surface area contributed by atoms with Crippen LogP contribution in [0.25, 0.3) is 0 Å². The third kappa shape index (κ3) is 3.81. The standard InChI is InChI=1S/C22H23NO2S/c1-17-9-13-22(14-10-17)26(24,25)23(16-20-7-5-4-6-8-20)21-12-11-18(2)19(3)15-21/h4-15H,16H2,1-3H3. The van der Waals surface area contributed by atoms with Crippen LogP contribution in [0.15, 0.2) is 77.7 Å². The minimum Gasteiger partial charge on any atom is -0.262 e. The van der Waals surface area contributed by atoms with E-state index in [1.165, 1.54) is 4.31 Å². The number of sulfonamides is 1. The van der Waals surface area contributed by atoms with Crippen LogP contribution >= 0.6 is 0 Å². The molecule has 0 saturated heterocycles. The second kappa shape index (κ2) is 7.34. The molecule has 0 aliphatic rings. The molecule has 0 unspecified atom stereocenters.